The van der Waals surface area contributed by atoms with Crippen LogP contribution in [0, 0.1) is 0 Å². The van der Waals surface area contributed by atoms with Crippen LogP contribution in [0.25, 0.3) is 0 Å². The van der Waals surface area contributed by atoms with Gasteiger partial charge in [-0.3, -0.25) is 4.79 Å². The summed E-state index contributed by atoms with van der Waals surface area (Å²) in [6.45, 7) is 2.13. The van der Waals surface area contributed by atoms with Crippen LogP contribution in [0.5, 0.6) is 0 Å². The Hall–Kier alpha value is -2.13. The standard InChI is InChI=1S/C22H32O3/c1-2-3-4-5-6-7-8-9-10-11-12-15-18-21(23)19-16-13-14-17-20-22(24)25/h3-4,6-7,9-10,12-16,19,21,23H,2,5,8,11,17-18,20H2,1H3,(H,24,25)/b4-3-,7-6-,10-9-,14-13-,15-12-,19-16+/t21-/m1/s1. The Morgan fingerprint density at radius 1 is 0.840 bits per heavy atom. The molecule has 0 saturated carbocycles. The molecule has 0 aromatic carbocycles. The first-order chi connectivity index (χ1) is 12.2. The second-order valence-corrected chi connectivity index (χ2v) is 5.55. The highest BCUT2D eigenvalue weighted by Crippen LogP contribution is 1.99. The second-order valence-electron chi connectivity index (χ2n) is 5.55. The fourth-order valence-corrected chi connectivity index (χ4v) is 1.87. The van der Waals surface area contributed by atoms with Crippen molar-refractivity contribution in [2.24, 2.45) is 0 Å². The van der Waals surface area contributed by atoms with Gasteiger partial charge in [-0.2, -0.15) is 0 Å². The normalized spacial score (nSPS) is 14.3. The van der Waals surface area contributed by atoms with Gasteiger partial charge in [0.2, 0.25) is 0 Å². The number of rotatable bonds is 14. The topological polar surface area (TPSA) is 57.5 Å². The van der Waals surface area contributed by atoms with Gasteiger partial charge in [-0.1, -0.05) is 79.8 Å². The molecule has 0 aromatic rings. The predicted molar refractivity (Wildman–Crippen MR) is 106 cm³/mol. The number of carboxylic acids is 1. The smallest absolute Gasteiger partial charge is 0.303 e. The molecule has 25 heavy (non-hydrogen) atoms. The number of carbonyl (C=O) groups is 1. The van der Waals surface area contributed by atoms with Gasteiger partial charge in [0.1, 0.15) is 0 Å². The van der Waals surface area contributed by atoms with Crippen molar-refractivity contribution >= 4 is 5.97 Å². The summed E-state index contributed by atoms with van der Waals surface area (Å²) in [7, 11) is 0. The largest absolute Gasteiger partial charge is 0.481 e. The lowest BCUT2D eigenvalue weighted by molar-refractivity contribution is -0.136. The molecule has 0 aliphatic heterocycles. The molecule has 0 aliphatic rings. The summed E-state index contributed by atoms with van der Waals surface area (Å²) in [5, 5.41) is 18.2. The van der Waals surface area contributed by atoms with Crippen molar-refractivity contribution in [3.05, 3.63) is 72.9 Å². The Labute approximate surface area is 152 Å². The van der Waals surface area contributed by atoms with Crippen molar-refractivity contribution in [1.82, 2.24) is 0 Å². The minimum absolute atomic E-state index is 0.134. The van der Waals surface area contributed by atoms with E-state index in [0.29, 0.717) is 12.8 Å². The number of hydrogen-bond donors (Lipinski definition) is 2. The molecule has 3 heteroatoms. The lowest BCUT2D eigenvalue weighted by atomic mass is 10.2. The molecule has 138 valence electrons. The fourth-order valence-electron chi connectivity index (χ4n) is 1.87. The zero-order valence-corrected chi connectivity index (χ0v) is 15.3. The highest BCUT2D eigenvalue weighted by atomic mass is 16.4. The van der Waals surface area contributed by atoms with Gasteiger partial charge in [0.25, 0.3) is 0 Å². The molecule has 0 amide bonds. The summed E-state index contributed by atoms with van der Waals surface area (Å²) in [6, 6.07) is 0. The third-order valence-corrected chi connectivity index (χ3v) is 3.20. The van der Waals surface area contributed by atoms with Gasteiger partial charge in [0.05, 0.1) is 6.10 Å². The van der Waals surface area contributed by atoms with E-state index in [4.69, 9.17) is 5.11 Å². The monoisotopic (exact) mass is 344 g/mol. The van der Waals surface area contributed by atoms with E-state index < -0.39 is 12.1 Å². The van der Waals surface area contributed by atoms with Crippen LogP contribution in [0.4, 0.5) is 0 Å². The van der Waals surface area contributed by atoms with Gasteiger partial charge in [0, 0.05) is 6.42 Å². The zero-order valence-electron chi connectivity index (χ0n) is 15.3. The molecule has 0 saturated heterocycles. The average molecular weight is 344 g/mol. The van der Waals surface area contributed by atoms with Crippen molar-refractivity contribution in [3.63, 3.8) is 0 Å². The Morgan fingerprint density at radius 2 is 1.40 bits per heavy atom. The van der Waals surface area contributed by atoms with Crippen LogP contribution in [0.15, 0.2) is 72.9 Å². The maximum Gasteiger partial charge on any atom is 0.303 e. The lowest BCUT2D eigenvalue weighted by Crippen LogP contribution is -1.98. The van der Waals surface area contributed by atoms with Crippen molar-refractivity contribution in [2.45, 2.75) is 58.0 Å². The van der Waals surface area contributed by atoms with Crippen LogP contribution in [0.1, 0.15) is 51.9 Å². The number of hydrogen-bond acceptors (Lipinski definition) is 2. The lowest BCUT2D eigenvalue weighted by Gasteiger charge is -1.98. The summed E-state index contributed by atoms with van der Waals surface area (Å²) in [4.78, 5) is 10.3. The van der Waals surface area contributed by atoms with Crippen LogP contribution < -0.4 is 0 Å². The first kappa shape index (κ1) is 22.9. The molecule has 0 spiro atoms. The highest BCUT2D eigenvalue weighted by Gasteiger charge is 1.93. The number of carboxylic acid groups (broad SMARTS) is 1. The number of aliphatic hydroxyl groups excluding tert-OH is 1. The summed E-state index contributed by atoms with van der Waals surface area (Å²) < 4.78 is 0. The van der Waals surface area contributed by atoms with Crippen molar-refractivity contribution in [1.29, 1.82) is 0 Å². The van der Waals surface area contributed by atoms with Crippen LogP contribution in [0.3, 0.4) is 0 Å². The average Bonchev–Trinajstić information content (AvgIpc) is 2.58. The summed E-state index contributed by atoms with van der Waals surface area (Å²) >= 11 is 0. The molecule has 0 aliphatic carbocycles. The van der Waals surface area contributed by atoms with Gasteiger partial charge < -0.3 is 10.2 Å². The number of aliphatic hydroxyl groups is 1. The van der Waals surface area contributed by atoms with E-state index in [0.717, 1.165) is 25.7 Å². The van der Waals surface area contributed by atoms with E-state index in [-0.39, 0.29) is 6.42 Å². The van der Waals surface area contributed by atoms with Gasteiger partial charge in [-0.25, -0.2) is 0 Å². The molecule has 0 rings (SSSR count). The highest BCUT2D eigenvalue weighted by molar-refractivity contribution is 5.66. The van der Waals surface area contributed by atoms with E-state index in [2.05, 4.69) is 43.4 Å². The molecular formula is C22H32O3. The van der Waals surface area contributed by atoms with E-state index >= 15 is 0 Å². The van der Waals surface area contributed by atoms with Gasteiger partial charge in [0.15, 0.2) is 0 Å². The molecule has 0 heterocycles. The first-order valence-corrected chi connectivity index (χ1v) is 9.00. The maximum absolute atomic E-state index is 10.3. The minimum Gasteiger partial charge on any atom is -0.481 e. The molecule has 1 atom stereocenters. The van der Waals surface area contributed by atoms with Gasteiger partial charge >= 0.3 is 5.97 Å². The molecule has 0 bridgehead atoms. The SMILES string of the molecule is CC/C=C\C/C=C\C/C=C\C/C=C\C[C@@H](O)/C=C/C=C\CCC(=O)O. The second kappa shape index (κ2) is 18.2. The summed E-state index contributed by atoms with van der Waals surface area (Å²) in [6.07, 6.45) is 28.6. The van der Waals surface area contributed by atoms with E-state index in [1.165, 1.54) is 0 Å². The summed E-state index contributed by atoms with van der Waals surface area (Å²) in [5.74, 6) is -0.798. The Kier molecular flexibility index (Phi) is 16.7. The van der Waals surface area contributed by atoms with Gasteiger partial charge in [-0.15, -0.1) is 0 Å². The van der Waals surface area contributed by atoms with Crippen molar-refractivity contribution in [2.75, 3.05) is 0 Å². The molecule has 2 N–H and O–H groups in total. The fraction of sp³-hybridized carbons (Fsp3) is 0.409. The van der Waals surface area contributed by atoms with Crippen LogP contribution in [-0.2, 0) is 4.79 Å². The third kappa shape index (κ3) is 19.8. The first-order valence-electron chi connectivity index (χ1n) is 9.00. The third-order valence-electron chi connectivity index (χ3n) is 3.20. The minimum atomic E-state index is -0.798. The van der Waals surface area contributed by atoms with Crippen LogP contribution >= 0.6 is 0 Å². The van der Waals surface area contributed by atoms with Crippen LogP contribution in [0.2, 0.25) is 0 Å². The van der Waals surface area contributed by atoms with Crippen molar-refractivity contribution < 1.29 is 15.0 Å². The van der Waals surface area contributed by atoms with E-state index in [1.807, 2.05) is 12.2 Å². The van der Waals surface area contributed by atoms with E-state index in [9.17, 15) is 9.90 Å². The molecule has 0 aromatic heterocycles. The Bertz CT molecular complexity index is 493. The molecular weight excluding hydrogens is 312 g/mol. The maximum atomic E-state index is 10.3. The number of allylic oxidation sites excluding steroid dienone is 10. The van der Waals surface area contributed by atoms with E-state index in [1.54, 1.807) is 24.3 Å². The quantitative estimate of drug-likeness (QED) is 0.322. The zero-order chi connectivity index (χ0) is 18.6. The van der Waals surface area contributed by atoms with Crippen molar-refractivity contribution in [3.8, 4) is 0 Å². The van der Waals surface area contributed by atoms with Crippen LogP contribution in [-0.4, -0.2) is 22.3 Å². The predicted octanol–water partition coefficient (Wildman–Crippen LogP) is 5.52. The molecule has 0 radical (unpaired) electrons. The molecule has 0 unspecified atom stereocenters. The molecule has 3 nitrogen and oxygen atoms in total. The summed E-state index contributed by atoms with van der Waals surface area (Å²) in [5.41, 5.74) is 0. The Balaban J connectivity index is 3.70. The Morgan fingerprint density at radius 3 is 1.96 bits per heavy atom. The number of aliphatic carboxylic acids is 1. The van der Waals surface area contributed by atoms with Gasteiger partial charge in [-0.05, 0) is 38.5 Å². The molecule has 0 fully saturated rings.